The summed E-state index contributed by atoms with van der Waals surface area (Å²) in [5.41, 5.74) is 7.67. The van der Waals surface area contributed by atoms with Gasteiger partial charge in [0.1, 0.15) is 0 Å². The second kappa shape index (κ2) is 5.79. The summed E-state index contributed by atoms with van der Waals surface area (Å²) in [7, 11) is 0. The molecule has 0 fully saturated rings. The van der Waals surface area contributed by atoms with Crippen LogP contribution in [0.15, 0.2) is 40.3 Å². The third-order valence-corrected chi connectivity index (χ3v) is 4.02. The Labute approximate surface area is 133 Å². The van der Waals surface area contributed by atoms with Crippen LogP contribution in [0.1, 0.15) is 5.69 Å². The third-order valence-electron chi connectivity index (χ3n) is 2.86. The van der Waals surface area contributed by atoms with Crippen molar-refractivity contribution in [3.8, 4) is 0 Å². The number of hydrogen-bond donors (Lipinski definition) is 2. The van der Waals surface area contributed by atoms with Crippen LogP contribution < -0.4 is 11.1 Å². The summed E-state index contributed by atoms with van der Waals surface area (Å²) in [5, 5.41) is 6.08. The molecule has 0 aliphatic heterocycles. The molecule has 1 amide bonds. The van der Waals surface area contributed by atoms with Crippen LogP contribution in [0.3, 0.4) is 0 Å². The zero-order valence-corrected chi connectivity index (χ0v) is 13.2. The van der Waals surface area contributed by atoms with Gasteiger partial charge in [0.15, 0.2) is 5.13 Å². The van der Waals surface area contributed by atoms with E-state index in [-0.39, 0.29) is 12.3 Å². The summed E-state index contributed by atoms with van der Waals surface area (Å²) >= 11 is 4.71. The van der Waals surface area contributed by atoms with Crippen molar-refractivity contribution in [2.24, 2.45) is 0 Å². The minimum atomic E-state index is -0.141. The Morgan fingerprint density at radius 2 is 2.29 bits per heavy atom. The molecule has 0 radical (unpaired) electrons. The van der Waals surface area contributed by atoms with Gasteiger partial charge in [0.2, 0.25) is 5.91 Å². The number of nitrogens with zero attached hydrogens (tertiary/aromatic N) is 2. The Morgan fingerprint density at radius 3 is 3.05 bits per heavy atom. The highest BCUT2D eigenvalue weighted by Gasteiger charge is 2.10. The van der Waals surface area contributed by atoms with Crippen LogP contribution in [0.5, 0.6) is 0 Å². The number of amides is 1. The number of aromatic nitrogens is 2. The lowest BCUT2D eigenvalue weighted by molar-refractivity contribution is -0.115. The Hall–Kier alpha value is -1.99. The summed E-state index contributed by atoms with van der Waals surface area (Å²) in [6, 6.07) is 7.62. The maximum atomic E-state index is 12.1. The van der Waals surface area contributed by atoms with Crippen molar-refractivity contribution >= 4 is 54.9 Å². The van der Waals surface area contributed by atoms with Crippen LogP contribution >= 0.6 is 27.3 Å². The Morgan fingerprint density at radius 1 is 1.43 bits per heavy atom. The second-order valence-electron chi connectivity index (χ2n) is 4.43. The van der Waals surface area contributed by atoms with Crippen LogP contribution in [-0.4, -0.2) is 15.9 Å². The van der Waals surface area contributed by atoms with Gasteiger partial charge in [-0.15, -0.1) is 11.3 Å². The maximum absolute atomic E-state index is 12.1. The molecule has 0 unspecified atom stereocenters. The SMILES string of the molecule is Nc1nc(CC(=O)Nc2cccc3cc(Br)cnc23)cs1. The molecule has 7 heteroatoms. The van der Waals surface area contributed by atoms with Gasteiger partial charge < -0.3 is 11.1 Å². The minimum absolute atomic E-state index is 0.141. The lowest BCUT2D eigenvalue weighted by Gasteiger charge is -2.07. The first-order valence-electron chi connectivity index (χ1n) is 6.16. The number of anilines is 2. The quantitative estimate of drug-likeness (QED) is 0.749. The lowest BCUT2D eigenvalue weighted by atomic mass is 10.2. The number of fused-ring (bicyclic) bond motifs is 1. The molecular weight excluding hydrogens is 352 g/mol. The standard InChI is InChI=1S/C14H11BrN4OS/c15-9-4-8-2-1-3-11(13(8)17-6-9)19-12(20)5-10-7-21-14(16)18-10/h1-4,6-7H,5H2,(H2,16,18)(H,19,20). The molecule has 0 saturated carbocycles. The van der Waals surface area contributed by atoms with E-state index in [0.29, 0.717) is 16.5 Å². The molecule has 0 aliphatic rings. The number of thiazole rings is 1. The fourth-order valence-corrected chi connectivity index (χ4v) is 2.91. The average Bonchev–Trinajstić information content (AvgIpc) is 2.83. The smallest absolute Gasteiger partial charge is 0.230 e. The second-order valence-corrected chi connectivity index (χ2v) is 6.24. The molecule has 5 nitrogen and oxygen atoms in total. The molecule has 3 N–H and O–H groups in total. The first-order chi connectivity index (χ1) is 10.1. The normalized spacial score (nSPS) is 10.7. The first kappa shape index (κ1) is 14.0. The monoisotopic (exact) mass is 362 g/mol. The number of nitrogens with two attached hydrogens (primary N) is 1. The largest absolute Gasteiger partial charge is 0.375 e. The van der Waals surface area contributed by atoms with E-state index in [0.717, 1.165) is 15.4 Å². The van der Waals surface area contributed by atoms with Crippen molar-refractivity contribution in [2.45, 2.75) is 6.42 Å². The number of benzene rings is 1. The van der Waals surface area contributed by atoms with Crippen molar-refractivity contribution in [3.63, 3.8) is 0 Å². The Kier molecular flexibility index (Phi) is 3.85. The van der Waals surface area contributed by atoms with Crippen LogP contribution in [0, 0.1) is 0 Å². The minimum Gasteiger partial charge on any atom is -0.375 e. The number of rotatable bonds is 3. The van der Waals surface area contributed by atoms with E-state index in [1.54, 1.807) is 11.6 Å². The number of pyridine rings is 1. The molecule has 0 bridgehead atoms. The van der Waals surface area contributed by atoms with Crippen molar-refractivity contribution in [1.82, 2.24) is 9.97 Å². The molecule has 0 saturated heterocycles. The third kappa shape index (κ3) is 3.20. The summed E-state index contributed by atoms with van der Waals surface area (Å²) in [4.78, 5) is 20.5. The molecule has 0 atom stereocenters. The predicted octanol–water partition coefficient (Wildman–Crippen LogP) is 3.22. The Bertz CT molecular complexity index is 818. The number of para-hydroxylation sites is 1. The molecule has 2 heterocycles. The number of hydrogen-bond acceptors (Lipinski definition) is 5. The van der Waals surface area contributed by atoms with Crippen molar-refractivity contribution in [2.75, 3.05) is 11.1 Å². The van der Waals surface area contributed by atoms with E-state index in [4.69, 9.17) is 5.73 Å². The van der Waals surface area contributed by atoms with E-state index in [1.165, 1.54) is 11.3 Å². The lowest BCUT2D eigenvalue weighted by Crippen LogP contribution is -2.15. The highest BCUT2D eigenvalue weighted by atomic mass is 79.9. The fraction of sp³-hybridized carbons (Fsp3) is 0.0714. The van der Waals surface area contributed by atoms with Crippen LogP contribution in [0.2, 0.25) is 0 Å². The summed E-state index contributed by atoms with van der Waals surface area (Å²) < 4.78 is 0.899. The summed E-state index contributed by atoms with van der Waals surface area (Å²) in [6.07, 6.45) is 1.90. The summed E-state index contributed by atoms with van der Waals surface area (Å²) in [5.74, 6) is -0.141. The van der Waals surface area contributed by atoms with E-state index in [9.17, 15) is 4.79 Å². The molecule has 0 aliphatic carbocycles. The molecule has 106 valence electrons. The molecule has 0 spiro atoms. The van der Waals surface area contributed by atoms with Crippen LogP contribution in [-0.2, 0) is 11.2 Å². The number of nitrogen functional groups attached to an aromatic ring is 1. The average molecular weight is 363 g/mol. The highest BCUT2D eigenvalue weighted by Crippen LogP contribution is 2.24. The van der Waals surface area contributed by atoms with E-state index in [1.807, 2.05) is 24.3 Å². The molecular formula is C14H11BrN4OS. The maximum Gasteiger partial charge on any atom is 0.230 e. The Balaban J connectivity index is 1.82. The van der Waals surface area contributed by atoms with Crippen molar-refractivity contribution < 1.29 is 4.79 Å². The van der Waals surface area contributed by atoms with Gasteiger partial charge in [-0.05, 0) is 28.1 Å². The topological polar surface area (TPSA) is 80.9 Å². The van der Waals surface area contributed by atoms with Gasteiger partial charge in [-0.3, -0.25) is 9.78 Å². The van der Waals surface area contributed by atoms with Gasteiger partial charge in [0.05, 0.1) is 23.3 Å². The van der Waals surface area contributed by atoms with Gasteiger partial charge >= 0.3 is 0 Å². The number of halogens is 1. The van der Waals surface area contributed by atoms with Crippen molar-refractivity contribution in [3.05, 3.63) is 46.0 Å². The molecule has 2 aromatic heterocycles. The number of carbonyl (C=O) groups is 1. The fourth-order valence-electron chi connectivity index (χ4n) is 2.00. The van der Waals surface area contributed by atoms with E-state index in [2.05, 4.69) is 31.2 Å². The van der Waals surface area contributed by atoms with E-state index >= 15 is 0 Å². The molecule has 21 heavy (non-hydrogen) atoms. The van der Waals surface area contributed by atoms with Gasteiger partial charge in [-0.1, -0.05) is 12.1 Å². The van der Waals surface area contributed by atoms with Crippen LogP contribution in [0.25, 0.3) is 10.9 Å². The number of carbonyl (C=O) groups excluding carboxylic acids is 1. The molecule has 3 rings (SSSR count). The summed E-state index contributed by atoms with van der Waals surface area (Å²) in [6.45, 7) is 0. The van der Waals surface area contributed by atoms with Gasteiger partial charge in [0.25, 0.3) is 0 Å². The van der Waals surface area contributed by atoms with Crippen molar-refractivity contribution in [1.29, 1.82) is 0 Å². The zero-order valence-electron chi connectivity index (χ0n) is 10.8. The zero-order chi connectivity index (χ0) is 14.8. The first-order valence-corrected chi connectivity index (χ1v) is 7.83. The van der Waals surface area contributed by atoms with Gasteiger partial charge in [0, 0.05) is 21.4 Å². The van der Waals surface area contributed by atoms with E-state index < -0.39 is 0 Å². The predicted molar refractivity (Wildman–Crippen MR) is 88.3 cm³/mol. The van der Waals surface area contributed by atoms with Gasteiger partial charge in [-0.25, -0.2) is 4.98 Å². The highest BCUT2D eigenvalue weighted by molar-refractivity contribution is 9.10. The number of nitrogens with one attached hydrogen (secondary N) is 1. The molecule has 3 aromatic rings. The molecule has 1 aromatic carbocycles. The van der Waals surface area contributed by atoms with Crippen LogP contribution in [0.4, 0.5) is 10.8 Å². The van der Waals surface area contributed by atoms with Gasteiger partial charge in [-0.2, -0.15) is 0 Å².